The first-order chi connectivity index (χ1) is 15.4. The highest BCUT2D eigenvalue weighted by Crippen LogP contribution is 2.35. The molecule has 0 bridgehead atoms. The summed E-state index contributed by atoms with van der Waals surface area (Å²) in [6.45, 7) is 0.109. The molecule has 0 saturated carbocycles. The van der Waals surface area contributed by atoms with E-state index in [1.54, 1.807) is 60.7 Å². The normalized spacial score (nSPS) is 10.7. The highest BCUT2D eigenvalue weighted by atomic mass is 79.9. The Morgan fingerprint density at radius 2 is 1.72 bits per heavy atom. The van der Waals surface area contributed by atoms with Crippen LogP contribution in [0.3, 0.4) is 0 Å². The summed E-state index contributed by atoms with van der Waals surface area (Å²) in [5.74, 6) is -0.313. The van der Waals surface area contributed by atoms with Gasteiger partial charge in [0.05, 0.1) is 21.7 Å². The molecule has 0 unspecified atom stereocenters. The fourth-order valence-electron chi connectivity index (χ4n) is 2.75. The average Bonchev–Trinajstić information content (AvgIpc) is 2.78. The van der Waals surface area contributed by atoms with E-state index >= 15 is 0 Å². The highest BCUT2D eigenvalue weighted by Gasteiger charge is 2.14. The lowest BCUT2D eigenvalue weighted by Crippen LogP contribution is -2.13. The molecule has 0 spiro atoms. The number of anilines is 1. The maximum Gasteiger partial charge on any atom is 0.266 e. The summed E-state index contributed by atoms with van der Waals surface area (Å²) in [5, 5.41) is 21.7. The van der Waals surface area contributed by atoms with Crippen LogP contribution < -0.4 is 10.1 Å². The molecule has 32 heavy (non-hydrogen) atoms. The van der Waals surface area contributed by atoms with Crippen molar-refractivity contribution < 1.29 is 9.53 Å². The van der Waals surface area contributed by atoms with Gasteiger partial charge < -0.3 is 10.1 Å². The van der Waals surface area contributed by atoms with Crippen molar-refractivity contribution in [2.75, 3.05) is 5.32 Å². The summed E-state index contributed by atoms with van der Waals surface area (Å²) in [4.78, 5) is 12.5. The van der Waals surface area contributed by atoms with Crippen molar-refractivity contribution in [1.82, 2.24) is 0 Å². The Balaban J connectivity index is 1.78. The van der Waals surface area contributed by atoms with Gasteiger partial charge in [0, 0.05) is 15.7 Å². The van der Waals surface area contributed by atoms with Crippen LogP contribution in [0.2, 0.25) is 10.0 Å². The van der Waals surface area contributed by atoms with E-state index in [9.17, 15) is 15.3 Å². The van der Waals surface area contributed by atoms with Crippen molar-refractivity contribution >= 4 is 56.8 Å². The maximum absolute atomic E-state index is 12.5. The van der Waals surface area contributed by atoms with Crippen LogP contribution in [0.1, 0.15) is 16.7 Å². The predicted molar refractivity (Wildman–Crippen MR) is 128 cm³/mol. The molecule has 0 radical (unpaired) electrons. The van der Waals surface area contributed by atoms with Crippen molar-refractivity contribution in [2.24, 2.45) is 0 Å². The zero-order valence-corrected chi connectivity index (χ0v) is 19.5. The minimum absolute atomic E-state index is 0.109. The van der Waals surface area contributed by atoms with Gasteiger partial charge in [0.25, 0.3) is 5.91 Å². The number of amides is 1. The summed E-state index contributed by atoms with van der Waals surface area (Å²) in [6, 6.07) is 21.1. The van der Waals surface area contributed by atoms with Gasteiger partial charge in [-0.1, -0.05) is 57.3 Å². The molecule has 3 aromatic rings. The zero-order chi connectivity index (χ0) is 23.1. The molecule has 0 heterocycles. The molecule has 3 rings (SSSR count). The van der Waals surface area contributed by atoms with E-state index in [1.165, 1.54) is 6.08 Å². The third kappa shape index (κ3) is 5.90. The van der Waals surface area contributed by atoms with Crippen LogP contribution in [0.4, 0.5) is 5.69 Å². The molecule has 0 aromatic heterocycles. The van der Waals surface area contributed by atoms with E-state index in [0.717, 1.165) is 4.47 Å². The van der Waals surface area contributed by atoms with Crippen molar-refractivity contribution in [3.8, 4) is 17.9 Å². The molecular weight excluding hydrogens is 513 g/mol. The van der Waals surface area contributed by atoms with Gasteiger partial charge in [0.2, 0.25) is 0 Å². The third-order valence-electron chi connectivity index (χ3n) is 4.31. The Morgan fingerprint density at radius 3 is 2.34 bits per heavy atom. The summed E-state index contributed by atoms with van der Waals surface area (Å²) in [5.41, 5.74) is 2.10. The van der Waals surface area contributed by atoms with E-state index in [0.29, 0.717) is 22.4 Å². The third-order valence-corrected chi connectivity index (χ3v) is 5.40. The minimum atomic E-state index is -0.560. The topological polar surface area (TPSA) is 85.9 Å². The lowest BCUT2D eigenvalue weighted by Gasteiger charge is -2.12. The highest BCUT2D eigenvalue weighted by molar-refractivity contribution is 9.10. The Bertz CT molecular complexity index is 1250. The molecule has 0 fully saturated rings. The van der Waals surface area contributed by atoms with E-state index in [1.807, 2.05) is 6.07 Å². The van der Waals surface area contributed by atoms with Gasteiger partial charge >= 0.3 is 0 Å². The fraction of sp³-hybridized carbons (Fsp3) is 0.0417. The summed E-state index contributed by atoms with van der Waals surface area (Å²) in [6.07, 6.45) is 1.39. The summed E-state index contributed by atoms with van der Waals surface area (Å²) >= 11 is 16.0. The van der Waals surface area contributed by atoms with Gasteiger partial charge in [0.1, 0.15) is 18.2 Å². The molecule has 158 valence electrons. The van der Waals surface area contributed by atoms with Crippen LogP contribution in [-0.4, -0.2) is 5.91 Å². The number of benzene rings is 3. The van der Waals surface area contributed by atoms with Gasteiger partial charge in [0.15, 0.2) is 5.75 Å². The lowest BCUT2D eigenvalue weighted by atomic mass is 10.1. The number of hydrogen-bond donors (Lipinski definition) is 1. The fourth-order valence-corrected chi connectivity index (χ4v) is 3.63. The quantitative estimate of drug-likeness (QED) is 0.284. The van der Waals surface area contributed by atoms with Crippen LogP contribution in [0.15, 0.2) is 70.7 Å². The van der Waals surface area contributed by atoms with E-state index in [4.69, 9.17) is 27.9 Å². The number of rotatable bonds is 6. The van der Waals surface area contributed by atoms with Crippen LogP contribution in [-0.2, 0) is 11.4 Å². The SMILES string of the molecule is N#C/C(=C/c1cc(Cl)c(OCc2ccccc2C#N)c(Cl)c1)C(=O)Nc1ccc(Br)cc1. The predicted octanol–water partition coefficient (Wildman–Crippen LogP) is 6.75. The molecule has 3 aromatic carbocycles. The number of halogens is 3. The van der Waals surface area contributed by atoms with Crippen LogP contribution in [0.25, 0.3) is 6.08 Å². The molecular formula is C24H14BrCl2N3O2. The molecule has 1 N–H and O–H groups in total. The molecule has 0 aliphatic heterocycles. The Hall–Kier alpha value is -3.29. The van der Waals surface area contributed by atoms with E-state index < -0.39 is 5.91 Å². The summed E-state index contributed by atoms with van der Waals surface area (Å²) in [7, 11) is 0. The first-order valence-electron chi connectivity index (χ1n) is 9.20. The van der Waals surface area contributed by atoms with Crippen LogP contribution >= 0.6 is 39.1 Å². The van der Waals surface area contributed by atoms with Crippen LogP contribution in [0, 0.1) is 22.7 Å². The smallest absolute Gasteiger partial charge is 0.266 e. The largest absolute Gasteiger partial charge is 0.486 e. The number of nitrogens with zero attached hydrogens (tertiary/aromatic N) is 2. The second kappa shape index (κ2) is 10.8. The number of nitrogens with one attached hydrogen (secondary N) is 1. The Labute approximate surface area is 203 Å². The van der Waals surface area contributed by atoms with Gasteiger partial charge in [-0.25, -0.2) is 0 Å². The standard InChI is InChI=1S/C24H14BrCl2N3O2/c25-19-5-7-20(8-6-19)30-24(31)18(13-29)9-15-10-21(26)23(22(27)11-15)32-14-17-4-2-1-3-16(17)12-28/h1-11H,14H2,(H,30,31)/b18-9-. The Morgan fingerprint density at radius 1 is 1.06 bits per heavy atom. The first-order valence-corrected chi connectivity index (χ1v) is 10.7. The Kier molecular flexibility index (Phi) is 7.92. The minimum Gasteiger partial charge on any atom is -0.486 e. The molecule has 1 amide bonds. The molecule has 0 aliphatic rings. The average molecular weight is 527 g/mol. The second-order valence-corrected chi connectivity index (χ2v) is 8.23. The van der Waals surface area contributed by atoms with Crippen molar-refractivity contribution in [3.05, 3.63) is 97.4 Å². The maximum atomic E-state index is 12.5. The number of ether oxygens (including phenoxy) is 1. The number of carbonyl (C=O) groups excluding carboxylic acids is 1. The molecule has 0 aliphatic carbocycles. The van der Waals surface area contributed by atoms with E-state index in [-0.39, 0.29) is 28.0 Å². The van der Waals surface area contributed by atoms with Gasteiger partial charge in [-0.15, -0.1) is 0 Å². The summed E-state index contributed by atoms with van der Waals surface area (Å²) < 4.78 is 6.60. The number of carbonyl (C=O) groups is 1. The first kappa shape index (κ1) is 23.4. The van der Waals surface area contributed by atoms with Gasteiger partial charge in [-0.3, -0.25) is 4.79 Å². The second-order valence-electron chi connectivity index (χ2n) is 6.50. The van der Waals surface area contributed by atoms with Crippen molar-refractivity contribution in [2.45, 2.75) is 6.61 Å². The van der Waals surface area contributed by atoms with Crippen molar-refractivity contribution in [3.63, 3.8) is 0 Å². The molecule has 0 saturated heterocycles. The molecule has 5 nitrogen and oxygen atoms in total. The van der Waals surface area contributed by atoms with Crippen LogP contribution in [0.5, 0.6) is 5.75 Å². The zero-order valence-electron chi connectivity index (χ0n) is 16.4. The van der Waals surface area contributed by atoms with E-state index in [2.05, 4.69) is 27.3 Å². The number of nitriles is 2. The van der Waals surface area contributed by atoms with Gasteiger partial charge in [-0.05, 0) is 54.1 Å². The molecule has 0 atom stereocenters. The van der Waals surface area contributed by atoms with Gasteiger partial charge in [-0.2, -0.15) is 10.5 Å². The lowest BCUT2D eigenvalue weighted by molar-refractivity contribution is -0.112. The molecule has 8 heteroatoms. The monoisotopic (exact) mass is 525 g/mol. The van der Waals surface area contributed by atoms with Crippen molar-refractivity contribution in [1.29, 1.82) is 10.5 Å². The number of hydrogen-bond acceptors (Lipinski definition) is 4.